The molecule has 34 heavy (non-hydrogen) atoms. The molecule has 0 aliphatic carbocycles. The van der Waals surface area contributed by atoms with E-state index in [4.69, 9.17) is 9.73 Å². The Kier molecular flexibility index (Phi) is 5.70. The summed E-state index contributed by atoms with van der Waals surface area (Å²) in [6.45, 7) is 6.37. The number of hydrogen-bond donors (Lipinski definition) is 2. The lowest BCUT2D eigenvalue weighted by atomic mass is 9.79. The molecule has 3 aromatic rings. The second-order valence-electron chi connectivity index (χ2n) is 10.2. The number of aliphatic imine (C=N–C) groups is 1. The first-order valence-electron chi connectivity index (χ1n) is 11.8. The van der Waals surface area contributed by atoms with Gasteiger partial charge in [0.15, 0.2) is 0 Å². The van der Waals surface area contributed by atoms with Gasteiger partial charge in [0.05, 0.1) is 11.7 Å². The lowest BCUT2D eigenvalue weighted by Gasteiger charge is -2.28. The van der Waals surface area contributed by atoms with Crippen molar-refractivity contribution in [1.82, 2.24) is 4.90 Å². The van der Waals surface area contributed by atoms with Gasteiger partial charge in [-0.15, -0.1) is 0 Å². The van der Waals surface area contributed by atoms with E-state index < -0.39 is 12.7 Å². The maximum atomic E-state index is 12.7. The maximum absolute atomic E-state index is 12.7. The zero-order valence-corrected chi connectivity index (χ0v) is 19.8. The van der Waals surface area contributed by atoms with Gasteiger partial charge in [-0.05, 0) is 84.7 Å². The number of rotatable bonds is 3. The first kappa shape index (κ1) is 22.6. The molecule has 0 spiro atoms. The molecule has 2 heterocycles. The second-order valence-corrected chi connectivity index (χ2v) is 10.2. The summed E-state index contributed by atoms with van der Waals surface area (Å²) in [4.78, 5) is 19.5. The average Bonchev–Trinajstić information content (AvgIpc) is 3.43. The molecule has 2 aliphatic heterocycles. The van der Waals surface area contributed by atoms with Crippen molar-refractivity contribution < 1.29 is 19.6 Å². The largest absolute Gasteiger partial charge is 0.488 e. The van der Waals surface area contributed by atoms with Crippen LogP contribution in [0.2, 0.25) is 0 Å². The van der Waals surface area contributed by atoms with E-state index in [0.29, 0.717) is 12.0 Å². The first-order valence-corrected chi connectivity index (χ1v) is 11.8. The SMILES string of the molecule is CC(C)(C)OC(=O)N1CCC[C@H]1C1=Nc2ccc(-c3ccc4cc(B(O)O)ccc4c3)cc2C1. The smallest absolute Gasteiger partial charge is 0.444 e. The van der Waals surface area contributed by atoms with E-state index in [1.165, 1.54) is 5.56 Å². The molecule has 6 nitrogen and oxygen atoms in total. The van der Waals surface area contributed by atoms with E-state index in [1.54, 1.807) is 12.1 Å². The van der Waals surface area contributed by atoms with Crippen LogP contribution in [-0.2, 0) is 11.2 Å². The number of benzene rings is 3. The summed E-state index contributed by atoms with van der Waals surface area (Å²) in [6.07, 6.45) is 2.34. The van der Waals surface area contributed by atoms with Crippen molar-refractivity contribution >= 4 is 40.8 Å². The van der Waals surface area contributed by atoms with E-state index >= 15 is 0 Å². The number of amides is 1. The minimum absolute atomic E-state index is 0.0116. The summed E-state index contributed by atoms with van der Waals surface area (Å²) in [5, 5.41) is 20.8. The van der Waals surface area contributed by atoms with Gasteiger partial charge in [0, 0.05) is 18.7 Å². The Morgan fingerprint density at radius 1 is 1.03 bits per heavy atom. The summed E-state index contributed by atoms with van der Waals surface area (Å²) < 4.78 is 5.63. The van der Waals surface area contributed by atoms with Gasteiger partial charge < -0.3 is 14.8 Å². The fourth-order valence-electron chi connectivity index (χ4n) is 4.85. The van der Waals surface area contributed by atoms with E-state index in [2.05, 4.69) is 30.3 Å². The minimum Gasteiger partial charge on any atom is -0.444 e. The highest BCUT2D eigenvalue weighted by Crippen LogP contribution is 2.35. The molecule has 2 aliphatic rings. The highest BCUT2D eigenvalue weighted by atomic mass is 16.6. The van der Waals surface area contributed by atoms with E-state index in [0.717, 1.165) is 52.6 Å². The van der Waals surface area contributed by atoms with Crippen LogP contribution in [0.1, 0.15) is 39.2 Å². The number of likely N-dealkylation sites (tertiary alicyclic amines) is 1. The molecule has 1 fully saturated rings. The van der Waals surface area contributed by atoms with Crippen molar-refractivity contribution in [3.05, 3.63) is 60.2 Å². The predicted octanol–water partition coefficient (Wildman–Crippen LogP) is 4.21. The van der Waals surface area contributed by atoms with Crippen LogP contribution >= 0.6 is 0 Å². The molecular weight excluding hydrogens is 427 g/mol. The number of hydrogen-bond acceptors (Lipinski definition) is 5. The van der Waals surface area contributed by atoms with Gasteiger partial charge in [0.2, 0.25) is 0 Å². The topological polar surface area (TPSA) is 82.4 Å². The van der Waals surface area contributed by atoms with Gasteiger partial charge in [0.1, 0.15) is 5.60 Å². The highest BCUT2D eigenvalue weighted by molar-refractivity contribution is 6.58. The third-order valence-electron chi connectivity index (χ3n) is 6.48. The Morgan fingerprint density at radius 3 is 2.50 bits per heavy atom. The maximum Gasteiger partial charge on any atom is 0.488 e. The number of nitrogens with zero attached hydrogens (tertiary/aromatic N) is 2. The van der Waals surface area contributed by atoms with Crippen molar-refractivity contribution in [2.24, 2.45) is 4.99 Å². The normalized spacial score (nSPS) is 17.6. The molecular formula is C27H29BN2O4. The highest BCUT2D eigenvalue weighted by Gasteiger charge is 2.36. The lowest BCUT2D eigenvalue weighted by molar-refractivity contribution is 0.0265. The second kappa shape index (κ2) is 8.56. The first-order chi connectivity index (χ1) is 16.2. The monoisotopic (exact) mass is 456 g/mol. The molecule has 174 valence electrons. The standard InChI is InChI=1S/C27H29BN2O4/c1-27(2,3)34-26(31)30-12-4-5-25(30)24-16-21-14-19(9-11-23(21)29-24)17-6-7-20-15-22(28(32)33)10-8-18(20)13-17/h6-11,13-15,25,32-33H,4-5,12,16H2,1-3H3/t25-/m0/s1. The van der Waals surface area contributed by atoms with E-state index in [-0.39, 0.29) is 12.1 Å². The molecule has 0 radical (unpaired) electrons. The lowest BCUT2D eigenvalue weighted by Crippen LogP contribution is -2.43. The van der Waals surface area contributed by atoms with Gasteiger partial charge in [-0.3, -0.25) is 9.89 Å². The molecule has 1 atom stereocenters. The van der Waals surface area contributed by atoms with Crippen LogP contribution in [0.15, 0.2) is 59.6 Å². The Hall–Kier alpha value is -3.16. The summed E-state index contributed by atoms with van der Waals surface area (Å²) in [5.41, 5.74) is 5.34. The summed E-state index contributed by atoms with van der Waals surface area (Å²) in [7, 11) is -1.47. The Balaban J connectivity index is 1.36. The minimum atomic E-state index is -1.47. The van der Waals surface area contributed by atoms with Crippen molar-refractivity contribution in [1.29, 1.82) is 0 Å². The van der Waals surface area contributed by atoms with Gasteiger partial charge in [-0.1, -0.05) is 36.4 Å². The van der Waals surface area contributed by atoms with Gasteiger partial charge in [-0.25, -0.2) is 4.79 Å². The average molecular weight is 456 g/mol. The van der Waals surface area contributed by atoms with Crippen molar-refractivity contribution in [2.75, 3.05) is 6.54 Å². The number of carbonyl (C=O) groups is 1. The molecule has 0 unspecified atom stereocenters. The molecule has 2 N–H and O–H groups in total. The number of fused-ring (bicyclic) bond motifs is 2. The van der Waals surface area contributed by atoms with Crippen molar-refractivity contribution in [3.8, 4) is 11.1 Å². The van der Waals surface area contributed by atoms with Crippen LogP contribution in [0.4, 0.5) is 10.5 Å². The third kappa shape index (κ3) is 4.46. The fourth-order valence-corrected chi connectivity index (χ4v) is 4.85. The predicted molar refractivity (Wildman–Crippen MR) is 136 cm³/mol. The summed E-state index contributed by atoms with van der Waals surface area (Å²) in [5.74, 6) is 0. The molecule has 3 aromatic carbocycles. The molecule has 7 heteroatoms. The van der Waals surface area contributed by atoms with Gasteiger partial charge in [-0.2, -0.15) is 0 Å². The molecule has 0 saturated carbocycles. The summed E-state index contributed by atoms with van der Waals surface area (Å²) >= 11 is 0. The fraction of sp³-hybridized carbons (Fsp3) is 0.333. The molecule has 0 aromatic heterocycles. The number of carbonyl (C=O) groups excluding carboxylic acids is 1. The van der Waals surface area contributed by atoms with Gasteiger partial charge >= 0.3 is 13.2 Å². The zero-order chi connectivity index (χ0) is 24.0. The van der Waals surface area contributed by atoms with Crippen LogP contribution in [0.25, 0.3) is 21.9 Å². The van der Waals surface area contributed by atoms with Crippen LogP contribution < -0.4 is 5.46 Å². The molecule has 5 rings (SSSR count). The van der Waals surface area contributed by atoms with Crippen LogP contribution in [0.5, 0.6) is 0 Å². The molecule has 0 bridgehead atoms. The number of ether oxygens (including phenoxy) is 1. The van der Waals surface area contributed by atoms with E-state index in [9.17, 15) is 14.8 Å². The molecule has 1 amide bonds. The van der Waals surface area contributed by atoms with Crippen LogP contribution in [-0.4, -0.2) is 52.1 Å². The Labute approximate surface area is 200 Å². The molecule has 1 saturated heterocycles. The summed E-state index contributed by atoms with van der Waals surface area (Å²) in [6, 6.07) is 17.9. The van der Waals surface area contributed by atoms with E-state index in [1.807, 2.05) is 37.8 Å². The quantitative estimate of drug-likeness (QED) is 0.579. The zero-order valence-electron chi connectivity index (χ0n) is 19.8. The van der Waals surface area contributed by atoms with Gasteiger partial charge in [0.25, 0.3) is 0 Å². The Bertz CT molecular complexity index is 1300. The van der Waals surface area contributed by atoms with Crippen molar-refractivity contribution in [3.63, 3.8) is 0 Å². The third-order valence-corrected chi connectivity index (χ3v) is 6.48. The Morgan fingerprint density at radius 2 is 1.74 bits per heavy atom. The van der Waals surface area contributed by atoms with Crippen LogP contribution in [0.3, 0.4) is 0 Å². The van der Waals surface area contributed by atoms with Crippen LogP contribution in [0, 0.1) is 0 Å². The van der Waals surface area contributed by atoms with Crippen molar-refractivity contribution in [2.45, 2.75) is 51.7 Å².